The molecule has 2 fully saturated rings. The summed E-state index contributed by atoms with van der Waals surface area (Å²) in [5.41, 5.74) is 1.27. The lowest BCUT2D eigenvalue weighted by Gasteiger charge is -2.26. The van der Waals surface area contributed by atoms with Crippen LogP contribution in [-0.2, 0) is 0 Å². The van der Waals surface area contributed by atoms with Crippen molar-refractivity contribution in [2.24, 2.45) is 0 Å². The molecule has 0 spiro atoms. The van der Waals surface area contributed by atoms with E-state index in [1.165, 1.54) is 37.8 Å². The van der Waals surface area contributed by atoms with Crippen LogP contribution in [0.2, 0.25) is 0 Å². The minimum atomic E-state index is 0.665. The maximum atomic E-state index is 4.88. The van der Waals surface area contributed by atoms with Crippen LogP contribution in [0.4, 0.5) is 5.95 Å². The van der Waals surface area contributed by atoms with Gasteiger partial charge in [-0.15, -0.1) is 0 Å². The molecule has 1 saturated heterocycles. The lowest BCUT2D eigenvalue weighted by molar-refractivity contribution is 0.232. The highest BCUT2D eigenvalue weighted by molar-refractivity contribution is 5.33. The van der Waals surface area contributed by atoms with E-state index in [9.17, 15) is 0 Å². The molecule has 0 unspecified atom stereocenters. The molecule has 1 atom stereocenters. The monoisotopic (exact) mass is 288 g/mol. The first-order valence-corrected chi connectivity index (χ1v) is 8.63. The quantitative estimate of drug-likeness (QED) is 0.833. The van der Waals surface area contributed by atoms with Gasteiger partial charge in [-0.05, 0) is 38.4 Å². The van der Waals surface area contributed by atoms with Gasteiger partial charge in [0.15, 0.2) is 0 Å². The predicted molar refractivity (Wildman–Crippen MR) is 86.8 cm³/mol. The summed E-state index contributed by atoms with van der Waals surface area (Å²) in [6.45, 7) is 8.95. The summed E-state index contributed by atoms with van der Waals surface area (Å²) in [5, 5.41) is 0. The number of rotatable bonds is 5. The standard InChI is InChI=1S/C17H28N4/c1-3-20(4-2)15-10-12-21(13-15)17-18-11-9-16(19-17)14-7-5-6-8-14/h9,11,14-15H,3-8,10,12-13H2,1-2H3/t15-/m0/s1. The second kappa shape index (κ2) is 6.73. The van der Waals surface area contributed by atoms with Crippen LogP contribution in [0, 0.1) is 0 Å². The lowest BCUT2D eigenvalue weighted by Crippen LogP contribution is -2.37. The van der Waals surface area contributed by atoms with Crippen molar-refractivity contribution in [1.82, 2.24) is 14.9 Å². The van der Waals surface area contributed by atoms with Crippen molar-refractivity contribution in [2.75, 3.05) is 31.1 Å². The highest BCUT2D eigenvalue weighted by atomic mass is 15.3. The van der Waals surface area contributed by atoms with Gasteiger partial charge in [-0.3, -0.25) is 4.90 Å². The van der Waals surface area contributed by atoms with E-state index < -0.39 is 0 Å². The number of hydrogen-bond donors (Lipinski definition) is 0. The van der Waals surface area contributed by atoms with E-state index in [2.05, 4.69) is 34.7 Å². The molecule has 0 radical (unpaired) electrons. The zero-order chi connectivity index (χ0) is 14.7. The van der Waals surface area contributed by atoms with Gasteiger partial charge in [-0.1, -0.05) is 26.7 Å². The minimum absolute atomic E-state index is 0.665. The van der Waals surface area contributed by atoms with Crippen molar-refractivity contribution in [3.63, 3.8) is 0 Å². The molecular weight excluding hydrogens is 260 g/mol. The third-order valence-corrected chi connectivity index (χ3v) is 5.21. The second-order valence-corrected chi connectivity index (χ2v) is 6.37. The van der Waals surface area contributed by atoms with E-state index in [1.54, 1.807) is 0 Å². The molecule has 0 aromatic carbocycles. The van der Waals surface area contributed by atoms with Crippen LogP contribution in [0.1, 0.15) is 57.6 Å². The summed E-state index contributed by atoms with van der Waals surface area (Å²) in [5.74, 6) is 1.63. The third-order valence-electron chi connectivity index (χ3n) is 5.21. The Labute approximate surface area is 128 Å². The van der Waals surface area contributed by atoms with Gasteiger partial charge in [-0.2, -0.15) is 0 Å². The maximum absolute atomic E-state index is 4.88. The van der Waals surface area contributed by atoms with Crippen LogP contribution >= 0.6 is 0 Å². The molecule has 1 aromatic rings. The summed E-state index contributed by atoms with van der Waals surface area (Å²) in [7, 11) is 0. The Bertz CT molecular complexity index is 452. The fraction of sp³-hybridized carbons (Fsp3) is 0.765. The molecule has 0 amide bonds. The number of likely N-dealkylation sites (N-methyl/N-ethyl adjacent to an activating group) is 1. The van der Waals surface area contributed by atoms with Crippen LogP contribution in [0.15, 0.2) is 12.3 Å². The Kier molecular flexibility index (Phi) is 4.73. The minimum Gasteiger partial charge on any atom is -0.339 e. The fourth-order valence-electron chi connectivity index (χ4n) is 3.92. The van der Waals surface area contributed by atoms with Gasteiger partial charge < -0.3 is 4.90 Å². The Hall–Kier alpha value is -1.16. The van der Waals surface area contributed by atoms with Gasteiger partial charge >= 0.3 is 0 Å². The van der Waals surface area contributed by atoms with E-state index in [0.717, 1.165) is 32.1 Å². The molecule has 4 heteroatoms. The summed E-state index contributed by atoms with van der Waals surface area (Å²) in [6.07, 6.45) is 8.52. The van der Waals surface area contributed by atoms with E-state index in [4.69, 9.17) is 4.98 Å². The Balaban J connectivity index is 1.68. The van der Waals surface area contributed by atoms with Crippen molar-refractivity contribution >= 4 is 5.95 Å². The Morgan fingerprint density at radius 2 is 1.95 bits per heavy atom. The van der Waals surface area contributed by atoms with Crippen LogP contribution < -0.4 is 4.90 Å². The smallest absolute Gasteiger partial charge is 0.225 e. The first-order valence-electron chi connectivity index (χ1n) is 8.63. The largest absolute Gasteiger partial charge is 0.339 e. The second-order valence-electron chi connectivity index (χ2n) is 6.37. The van der Waals surface area contributed by atoms with Crippen LogP contribution in [-0.4, -0.2) is 47.1 Å². The van der Waals surface area contributed by atoms with E-state index >= 15 is 0 Å². The van der Waals surface area contributed by atoms with Gasteiger partial charge in [0.25, 0.3) is 0 Å². The Morgan fingerprint density at radius 1 is 1.19 bits per heavy atom. The first-order chi connectivity index (χ1) is 10.3. The summed E-state index contributed by atoms with van der Waals surface area (Å²) < 4.78 is 0. The van der Waals surface area contributed by atoms with Crippen LogP contribution in [0.3, 0.4) is 0 Å². The third kappa shape index (κ3) is 3.20. The zero-order valence-electron chi connectivity index (χ0n) is 13.5. The average molecular weight is 288 g/mol. The Morgan fingerprint density at radius 3 is 2.67 bits per heavy atom. The molecule has 3 rings (SSSR count). The van der Waals surface area contributed by atoms with Gasteiger partial charge in [-0.25, -0.2) is 9.97 Å². The molecule has 1 aliphatic carbocycles. The molecule has 0 N–H and O–H groups in total. The van der Waals surface area contributed by atoms with E-state index in [1.807, 2.05) is 6.20 Å². The highest BCUT2D eigenvalue weighted by Gasteiger charge is 2.28. The summed E-state index contributed by atoms with van der Waals surface area (Å²) in [6, 6.07) is 2.79. The van der Waals surface area contributed by atoms with Gasteiger partial charge in [0.2, 0.25) is 5.95 Å². The van der Waals surface area contributed by atoms with E-state index in [-0.39, 0.29) is 0 Å². The molecular formula is C17H28N4. The topological polar surface area (TPSA) is 32.3 Å². The van der Waals surface area contributed by atoms with Crippen molar-refractivity contribution in [1.29, 1.82) is 0 Å². The van der Waals surface area contributed by atoms with Crippen molar-refractivity contribution in [3.8, 4) is 0 Å². The van der Waals surface area contributed by atoms with Crippen LogP contribution in [0.25, 0.3) is 0 Å². The number of hydrogen-bond acceptors (Lipinski definition) is 4. The molecule has 1 aromatic heterocycles. The van der Waals surface area contributed by atoms with Gasteiger partial charge in [0, 0.05) is 36.9 Å². The average Bonchev–Trinajstić information content (AvgIpc) is 3.21. The molecule has 2 heterocycles. The molecule has 21 heavy (non-hydrogen) atoms. The van der Waals surface area contributed by atoms with Crippen LogP contribution in [0.5, 0.6) is 0 Å². The summed E-state index contributed by atoms with van der Waals surface area (Å²) >= 11 is 0. The van der Waals surface area contributed by atoms with Gasteiger partial charge in [0.05, 0.1) is 0 Å². The lowest BCUT2D eigenvalue weighted by atomic mass is 10.0. The van der Waals surface area contributed by atoms with Crippen molar-refractivity contribution in [2.45, 2.75) is 57.9 Å². The normalized spacial score (nSPS) is 23.4. The number of nitrogens with zero attached hydrogens (tertiary/aromatic N) is 4. The molecule has 1 saturated carbocycles. The molecule has 4 nitrogen and oxygen atoms in total. The fourth-order valence-corrected chi connectivity index (χ4v) is 3.92. The highest BCUT2D eigenvalue weighted by Crippen LogP contribution is 2.33. The maximum Gasteiger partial charge on any atom is 0.225 e. The SMILES string of the molecule is CCN(CC)[C@H]1CCN(c2nccc(C3CCCC3)n2)C1. The zero-order valence-corrected chi connectivity index (χ0v) is 13.5. The first kappa shape index (κ1) is 14.8. The predicted octanol–water partition coefficient (Wildman–Crippen LogP) is 3.05. The molecule has 116 valence electrons. The number of aromatic nitrogens is 2. The van der Waals surface area contributed by atoms with Crippen molar-refractivity contribution < 1.29 is 0 Å². The number of anilines is 1. The van der Waals surface area contributed by atoms with Crippen molar-refractivity contribution in [3.05, 3.63) is 18.0 Å². The summed E-state index contributed by atoms with van der Waals surface area (Å²) in [4.78, 5) is 14.3. The molecule has 0 bridgehead atoms. The van der Waals surface area contributed by atoms with E-state index in [0.29, 0.717) is 12.0 Å². The molecule has 2 aliphatic rings. The van der Waals surface area contributed by atoms with Gasteiger partial charge in [0.1, 0.15) is 0 Å². The molecule has 1 aliphatic heterocycles.